The minimum Gasteiger partial charge on any atom is -0.398 e. The van der Waals surface area contributed by atoms with Gasteiger partial charge in [0, 0.05) is 28.8 Å². The number of nitrogens with two attached hydrogens (primary N) is 1. The Morgan fingerprint density at radius 1 is 1.53 bits per heavy atom. The molecule has 1 saturated carbocycles. The van der Waals surface area contributed by atoms with E-state index in [9.17, 15) is 4.79 Å². The predicted octanol–water partition coefficient (Wildman–Crippen LogP) is 2.68. The molecule has 1 aliphatic rings. The molecule has 0 atom stereocenters. The fourth-order valence-corrected chi connectivity index (χ4v) is 2.73. The lowest BCUT2D eigenvalue weighted by Crippen LogP contribution is -2.25. The second-order valence-corrected chi connectivity index (χ2v) is 5.61. The Labute approximate surface area is 110 Å². The van der Waals surface area contributed by atoms with Gasteiger partial charge in [0.05, 0.1) is 5.02 Å². The van der Waals surface area contributed by atoms with E-state index in [2.05, 4.69) is 5.32 Å². The average molecular weight is 271 g/mol. The molecule has 0 aliphatic heterocycles. The van der Waals surface area contributed by atoms with Crippen LogP contribution in [-0.2, 0) is 4.79 Å². The summed E-state index contributed by atoms with van der Waals surface area (Å²) in [7, 11) is 0. The zero-order valence-electron chi connectivity index (χ0n) is 9.41. The number of carbonyl (C=O) groups excluding carboxylic acids is 1. The van der Waals surface area contributed by atoms with E-state index in [1.807, 2.05) is 18.2 Å². The van der Waals surface area contributed by atoms with Crippen LogP contribution in [0, 0.1) is 0 Å². The molecular weight excluding hydrogens is 256 g/mol. The Hall–Kier alpha value is -0.870. The molecule has 1 aliphatic carbocycles. The zero-order valence-corrected chi connectivity index (χ0v) is 11.0. The summed E-state index contributed by atoms with van der Waals surface area (Å²) in [5.41, 5.74) is 6.49. The van der Waals surface area contributed by atoms with Crippen molar-refractivity contribution in [2.75, 3.05) is 11.5 Å². The molecule has 1 aromatic rings. The molecule has 0 saturated heterocycles. The summed E-state index contributed by atoms with van der Waals surface area (Å²) in [4.78, 5) is 12.3. The number of halogens is 1. The largest absolute Gasteiger partial charge is 0.398 e. The molecule has 2 rings (SSSR count). The number of hydrogen-bond donors (Lipinski definition) is 2. The van der Waals surface area contributed by atoms with Gasteiger partial charge < -0.3 is 11.1 Å². The van der Waals surface area contributed by atoms with Crippen molar-refractivity contribution >= 4 is 35.0 Å². The van der Waals surface area contributed by atoms with Crippen molar-refractivity contribution in [3.63, 3.8) is 0 Å². The summed E-state index contributed by atoms with van der Waals surface area (Å²) in [5.74, 6) is 0.817. The van der Waals surface area contributed by atoms with Crippen LogP contribution >= 0.6 is 23.4 Å². The Morgan fingerprint density at radius 3 is 2.94 bits per heavy atom. The maximum Gasteiger partial charge on any atom is 0.221 e. The summed E-state index contributed by atoms with van der Waals surface area (Å²) in [6.45, 7) is 0. The first-order valence-corrected chi connectivity index (χ1v) is 6.99. The molecule has 0 radical (unpaired) electrons. The van der Waals surface area contributed by atoms with Crippen LogP contribution in [0.2, 0.25) is 5.02 Å². The van der Waals surface area contributed by atoms with Crippen molar-refractivity contribution in [1.29, 1.82) is 0 Å². The minimum absolute atomic E-state index is 0.116. The topological polar surface area (TPSA) is 55.1 Å². The van der Waals surface area contributed by atoms with Crippen molar-refractivity contribution in [1.82, 2.24) is 5.32 Å². The molecule has 3 nitrogen and oxygen atoms in total. The van der Waals surface area contributed by atoms with E-state index in [4.69, 9.17) is 17.3 Å². The van der Waals surface area contributed by atoms with E-state index in [1.165, 1.54) is 11.8 Å². The van der Waals surface area contributed by atoms with Crippen LogP contribution in [0.1, 0.15) is 19.3 Å². The number of amides is 1. The van der Waals surface area contributed by atoms with Gasteiger partial charge in [0.2, 0.25) is 5.91 Å². The monoisotopic (exact) mass is 270 g/mol. The third-order valence-electron chi connectivity index (χ3n) is 2.52. The SMILES string of the molecule is Nc1cccc(Cl)c1SCCC(=O)NC1CC1. The van der Waals surface area contributed by atoms with Gasteiger partial charge in [-0.3, -0.25) is 4.79 Å². The van der Waals surface area contributed by atoms with Gasteiger partial charge in [0.25, 0.3) is 0 Å². The zero-order chi connectivity index (χ0) is 12.3. The first-order valence-electron chi connectivity index (χ1n) is 5.63. The first-order chi connectivity index (χ1) is 8.16. The summed E-state index contributed by atoms with van der Waals surface area (Å²) < 4.78 is 0. The maximum atomic E-state index is 11.5. The van der Waals surface area contributed by atoms with Gasteiger partial charge in [0.15, 0.2) is 0 Å². The standard InChI is InChI=1S/C12H15ClN2OS/c13-9-2-1-3-10(14)12(9)17-7-6-11(16)15-8-4-5-8/h1-3,8H,4-7,14H2,(H,15,16). The lowest BCUT2D eigenvalue weighted by atomic mass is 10.3. The summed E-state index contributed by atoms with van der Waals surface area (Å²) in [6.07, 6.45) is 2.75. The van der Waals surface area contributed by atoms with Crippen LogP contribution in [0.4, 0.5) is 5.69 Å². The van der Waals surface area contributed by atoms with E-state index >= 15 is 0 Å². The Morgan fingerprint density at radius 2 is 2.29 bits per heavy atom. The highest BCUT2D eigenvalue weighted by Crippen LogP contribution is 2.32. The van der Waals surface area contributed by atoms with Gasteiger partial charge in [-0.15, -0.1) is 11.8 Å². The fraction of sp³-hybridized carbons (Fsp3) is 0.417. The average Bonchev–Trinajstić information content (AvgIpc) is 3.06. The molecule has 0 unspecified atom stereocenters. The second-order valence-electron chi connectivity index (χ2n) is 4.10. The lowest BCUT2D eigenvalue weighted by Gasteiger charge is -2.07. The van der Waals surface area contributed by atoms with E-state index in [-0.39, 0.29) is 5.91 Å². The highest BCUT2D eigenvalue weighted by Gasteiger charge is 2.22. The van der Waals surface area contributed by atoms with E-state index in [0.29, 0.717) is 28.9 Å². The number of anilines is 1. The molecular formula is C12H15ClN2OS. The molecule has 5 heteroatoms. The van der Waals surface area contributed by atoms with E-state index in [0.717, 1.165) is 17.7 Å². The molecule has 1 fully saturated rings. The van der Waals surface area contributed by atoms with Crippen LogP contribution in [0.3, 0.4) is 0 Å². The third kappa shape index (κ3) is 3.82. The highest BCUT2D eigenvalue weighted by atomic mass is 35.5. The van der Waals surface area contributed by atoms with Gasteiger partial charge >= 0.3 is 0 Å². The lowest BCUT2D eigenvalue weighted by molar-refractivity contribution is -0.120. The number of benzene rings is 1. The minimum atomic E-state index is 0.116. The number of nitrogens with one attached hydrogen (secondary N) is 1. The second kappa shape index (κ2) is 5.65. The number of hydrogen-bond acceptors (Lipinski definition) is 3. The third-order valence-corrected chi connectivity index (χ3v) is 4.09. The van der Waals surface area contributed by atoms with Gasteiger partial charge in [-0.1, -0.05) is 17.7 Å². The van der Waals surface area contributed by atoms with Crippen molar-refractivity contribution < 1.29 is 4.79 Å². The van der Waals surface area contributed by atoms with Crippen LogP contribution in [0.15, 0.2) is 23.1 Å². The van der Waals surface area contributed by atoms with Crippen molar-refractivity contribution in [3.8, 4) is 0 Å². The molecule has 0 spiro atoms. The molecule has 1 amide bonds. The Bertz CT molecular complexity index is 401. The van der Waals surface area contributed by atoms with Crippen LogP contribution in [0.25, 0.3) is 0 Å². The van der Waals surface area contributed by atoms with Gasteiger partial charge in [-0.25, -0.2) is 0 Å². The smallest absolute Gasteiger partial charge is 0.221 e. The van der Waals surface area contributed by atoms with Gasteiger partial charge in [-0.05, 0) is 25.0 Å². The molecule has 17 heavy (non-hydrogen) atoms. The molecule has 3 N–H and O–H groups in total. The van der Waals surface area contributed by atoms with Gasteiger partial charge in [0.1, 0.15) is 0 Å². The summed E-state index contributed by atoms with van der Waals surface area (Å²) in [6, 6.07) is 5.88. The fourth-order valence-electron chi connectivity index (χ4n) is 1.45. The van der Waals surface area contributed by atoms with E-state index < -0.39 is 0 Å². The Balaban J connectivity index is 1.79. The molecule has 1 aromatic carbocycles. The Kier molecular flexibility index (Phi) is 4.18. The molecule has 0 aromatic heterocycles. The van der Waals surface area contributed by atoms with Crippen LogP contribution in [0.5, 0.6) is 0 Å². The van der Waals surface area contributed by atoms with Crippen LogP contribution in [-0.4, -0.2) is 17.7 Å². The number of carbonyl (C=O) groups is 1. The predicted molar refractivity (Wildman–Crippen MR) is 72.4 cm³/mol. The highest BCUT2D eigenvalue weighted by molar-refractivity contribution is 7.99. The quantitative estimate of drug-likeness (QED) is 0.639. The van der Waals surface area contributed by atoms with Crippen LogP contribution < -0.4 is 11.1 Å². The van der Waals surface area contributed by atoms with E-state index in [1.54, 1.807) is 0 Å². The van der Waals surface area contributed by atoms with Gasteiger partial charge in [-0.2, -0.15) is 0 Å². The maximum absolute atomic E-state index is 11.5. The summed E-state index contributed by atoms with van der Waals surface area (Å²) >= 11 is 7.57. The summed E-state index contributed by atoms with van der Waals surface area (Å²) in [5, 5.41) is 3.60. The number of rotatable bonds is 5. The van der Waals surface area contributed by atoms with Crippen molar-refractivity contribution in [2.45, 2.75) is 30.2 Å². The number of thioether (sulfide) groups is 1. The number of nitrogen functional groups attached to an aromatic ring is 1. The normalized spacial score (nSPS) is 14.6. The molecule has 92 valence electrons. The molecule has 0 heterocycles. The van der Waals surface area contributed by atoms with Crippen molar-refractivity contribution in [3.05, 3.63) is 23.2 Å². The van der Waals surface area contributed by atoms with Crippen molar-refractivity contribution in [2.24, 2.45) is 0 Å². The molecule has 0 bridgehead atoms. The first kappa shape index (κ1) is 12.6.